The highest BCUT2D eigenvalue weighted by Crippen LogP contribution is 2.21. The Labute approximate surface area is 126 Å². The fourth-order valence-corrected chi connectivity index (χ4v) is 2.64. The van der Waals surface area contributed by atoms with Crippen molar-refractivity contribution in [1.82, 2.24) is 0 Å². The molecule has 2 rings (SSSR count). The van der Waals surface area contributed by atoms with Crippen LogP contribution in [0.1, 0.15) is 10.4 Å². The van der Waals surface area contributed by atoms with Crippen molar-refractivity contribution in [3.8, 4) is 5.75 Å². The van der Waals surface area contributed by atoms with Crippen LogP contribution in [0.25, 0.3) is 0 Å². The van der Waals surface area contributed by atoms with Crippen molar-refractivity contribution >= 4 is 29.3 Å². The molecule has 2 aromatic carbocycles. The molecule has 5 heteroatoms. The molecule has 1 N–H and O–H groups in total. The third kappa shape index (κ3) is 4.47. The van der Waals surface area contributed by atoms with Gasteiger partial charge in [0, 0.05) is 15.7 Å². The summed E-state index contributed by atoms with van der Waals surface area (Å²) in [5, 5.41) is 9.60. The monoisotopic (exact) mass is 308 g/mol. The van der Waals surface area contributed by atoms with Gasteiger partial charge in [-0.1, -0.05) is 23.7 Å². The van der Waals surface area contributed by atoms with E-state index in [4.69, 9.17) is 21.4 Å². The molecule has 104 valence electrons. The number of carboxylic acid groups (broad SMARTS) is 1. The van der Waals surface area contributed by atoms with Gasteiger partial charge in [0.2, 0.25) is 0 Å². The number of ether oxygens (including phenoxy) is 1. The lowest BCUT2D eigenvalue weighted by atomic mass is 10.2. The molecule has 0 fully saturated rings. The molecule has 0 unspecified atom stereocenters. The Morgan fingerprint density at radius 2 is 2.00 bits per heavy atom. The predicted molar refractivity (Wildman–Crippen MR) is 81.1 cm³/mol. The summed E-state index contributed by atoms with van der Waals surface area (Å²) in [5.41, 5.74) is 0.227. The third-order valence-corrected chi connectivity index (χ3v) is 3.69. The van der Waals surface area contributed by atoms with E-state index in [0.717, 1.165) is 10.6 Å². The first-order valence-electron chi connectivity index (χ1n) is 6.00. The summed E-state index contributed by atoms with van der Waals surface area (Å²) >= 11 is 7.54. The summed E-state index contributed by atoms with van der Waals surface area (Å²) in [6.07, 6.45) is 0. The van der Waals surface area contributed by atoms with E-state index in [1.807, 2.05) is 24.3 Å². The molecule has 0 radical (unpaired) electrons. The van der Waals surface area contributed by atoms with Gasteiger partial charge in [-0.2, -0.15) is 0 Å². The van der Waals surface area contributed by atoms with Gasteiger partial charge in [-0.05, 0) is 36.4 Å². The lowest BCUT2D eigenvalue weighted by Gasteiger charge is -2.07. The number of halogens is 1. The van der Waals surface area contributed by atoms with Crippen LogP contribution < -0.4 is 4.74 Å². The van der Waals surface area contributed by atoms with Gasteiger partial charge in [0.25, 0.3) is 0 Å². The largest absolute Gasteiger partial charge is 0.493 e. The molecule has 0 spiro atoms. The highest BCUT2D eigenvalue weighted by Gasteiger charge is 2.03. The third-order valence-electron chi connectivity index (χ3n) is 2.50. The molecule has 0 saturated carbocycles. The van der Waals surface area contributed by atoms with Crippen molar-refractivity contribution in [2.45, 2.75) is 4.90 Å². The summed E-state index contributed by atoms with van der Waals surface area (Å²) in [7, 11) is 0. The zero-order valence-corrected chi connectivity index (χ0v) is 12.2. The van der Waals surface area contributed by atoms with Gasteiger partial charge < -0.3 is 9.84 Å². The molecule has 3 nitrogen and oxygen atoms in total. The van der Waals surface area contributed by atoms with Gasteiger partial charge in [-0.3, -0.25) is 0 Å². The SMILES string of the molecule is O=C(O)c1cccc(OCCSc2cccc(Cl)c2)c1. The van der Waals surface area contributed by atoms with E-state index in [2.05, 4.69) is 0 Å². The molecule has 0 aliphatic carbocycles. The molecule has 0 aromatic heterocycles. The van der Waals surface area contributed by atoms with Crippen molar-refractivity contribution in [3.63, 3.8) is 0 Å². The van der Waals surface area contributed by atoms with Gasteiger partial charge in [-0.25, -0.2) is 4.79 Å². The minimum atomic E-state index is -0.955. The summed E-state index contributed by atoms with van der Waals surface area (Å²) < 4.78 is 5.53. The first-order chi connectivity index (χ1) is 9.65. The van der Waals surface area contributed by atoms with Crippen molar-refractivity contribution in [3.05, 3.63) is 59.1 Å². The zero-order chi connectivity index (χ0) is 14.4. The van der Waals surface area contributed by atoms with E-state index < -0.39 is 5.97 Å². The fraction of sp³-hybridized carbons (Fsp3) is 0.133. The Bertz CT molecular complexity index is 601. The molecular formula is C15H13ClO3S. The maximum Gasteiger partial charge on any atom is 0.335 e. The summed E-state index contributed by atoms with van der Waals surface area (Å²) in [5.74, 6) is 0.373. The van der Waals surface area contributed by atoms with Crippen molar-refractivity contribution in [1.29, 1.82) is 0 Å². The molecule has 0 bridgehead atoms. The molecule has 0 atom stereocenters. The number of thioether (sulfide) groups is 1. The van der Waals surface area contributed by atoms with Gasteiger partial charge in [-0.15, -0.1) is 11.8 Å². The van der Waals surface area contributed by atoms with E-state index in [-0.39, 0.29) is 5.56 Å². The molecule has 0 aliphatic heterocycles. The second kappa shape index (κ2) is 7.22. The van der Waals surface area contributed by atoms with Crippen LogP contribution in [-0.2, 0) is 0 Å². The molecule has 20 heavy (non-hydrogen) atoms. The Morgan fingerprint density at radius 1 is 1.20 bits per heavy atom. The smallest absolute Gasteiger partial charge is 0.335 e. The van der Waals surface area contributed by atoms with Crippen LogP contribution in [0.4, 0.5) is 0 Å². The number of rotatable bonds is 6. The zero-order valence-electron chi connectivity index (χ0n) is 10.6. The Morgan fingerprint density at radius 3 is 2.75 bits per heavy atom. The van der Waals surface area contributed by atoms with Gasteiger partial charge >= 0.3 is 5.97 Å². The van der Waals surface area contributed by atoms with Crippen LogP contribution >= 0.6 is 23.4 Å². The number of carboxylic acids is 1. The number of aromatic carboxylic acids is 1. The Hall–Kier alpha value is -1.65. The Balaban J connectivity index is 1.81. The first-order valence-corrected chi connectivity index (χ1v) is 7.36. The van der Waals surface area contributed by atoms with Crippen LogP contribution in [0.5, 0.6) is 5.75 Å². The van der Waals surface area contributed by atoms with E-state index in [0.29, 0.717) is 17.4 Å². The number of hydrogen-bond acceptors (Lipinski definition) is 3. The predicted octanol–water partition coefficient (Wildman–Crippen LogP) is 4.21. The molecular weight excluding hydrogens is 296 g/mol. The van der Waals surface area contributed by atoms with E-state index in [1.54, 1.807) is 23.9 Å². The quantitative estimate of drug-likeness (QED) is 0.641. The minimum absolute atomic E-state index is 0.227. The molecule has 0 saturated heterocycles. The molecule has 0 aliphatic rings. The topological polar surface area (TPSA) is 46.5 Å². The Kier molecular flexibility index (Phi) is 5.32. The molecule has 0 heterocycles. The van der Waals surface area contributed by atoms with E-state index in [1.165, 1.54) is 12.1 Å². The average Bonchev–Trinajstić information content (AvgIpc) is 2.44. The van der Waals surface area contributed by atoms with Crippen molar-refractivity contribution in [2.75, 3.05) is 12.4 Å². The van der Waals surface area contributed by atoms with Crippen LogP contribution in [0.15, 0.2) is 53.4 Å². The summed E-state index contributed by atoms with van der Waals surface area (Å²) in [6, 6.07) is 14.1. The van der Waals surface area contributed by atoms with Crippen LogP contribution in [0.2, 0.25) is 5.02 Å². The maximum atomic E-state index is 10.8. The normalized spacial score (nSPS) is 10.2. The van der Waals surface area contributed by atoms with Gasteiger partial charge in [0.15, 0.2) is 0 Å². The highest BCUT2D eigenvalue weighted by molar-refractivity contribution is 7.99. The van der Waals surface area contributed by atoms with Crippen LogP contribution in [-0.4, -0.2) is 23.4 Å². The van der Waals surface area contributed by atoms with Crippen LogP contribution in [0, 0.1) is 0 Å². The standard InChI is InChI=1S/C15H13ClO3S/c16-12-4-2-6-14(10-12)20-8-7-19-13-5-1-3-11(9-13)15(17)18/h1-6,9-10H,7-8H2,(H,17,18). The molecule has 2 aromatic rings. The second-order valence-electron chi connectivity index (χ2n) is 3.99. The van der Waals surface area contributed by atoms with Gasteiger partial charge in [0.05, 0.1) is 12.2 Å². The highest BCUT2D eigenvalue weighted by atomic mass is 35.5. The summed E-state index contributed by atoms with van der Waals surface area (Å²) in [4.78, 5) is 11.9. The maximum absolute atomic E-state index is 10.8. The average molecular weight is 309 g/mol. The van der Waals surface area contributed by atoms with Crippen molar-refractivity contribution in [2.24, 2.45) is 0 Å². The van der Waals surface area contributed by atoms with Crippen LogP contribution in [0.3, 0.4) is 0 Å². The van der Waals surface area contributed by atoms with Crippen molar-refractivity contribution < 1.29 is 14.6 Å². The fourth-order valence-electron chi connectivity index (χ4n) is 1.59. The first kappa shape index (κ1) is 14.8. The van der Waals surface area contributed by atoms with Gasteiger partial charge in [0.1, 0.15) is 5.75 Å². The minimum Gasteiger partial charge on any atom is -0.493 e. The number of hydrogen-bond donors (Lipinski definition) is 1. The van der Waals surface area contributed by atoms with E-state index in [9.17, 15) is 4.79 Å². The lowest BCUT2D eigenvalue weighted by molar-refractivity contribution is 0.0696. The number of benzene rings is 2. The lowest BCUT2D eigenvalue weighted by Crippen LogP contribution is -2.02. The van der Waals surface area contributed by atoms with E-state index >= 15 is 0 Å². The number of carbonyl (C=O) groups is 1. The second-order valence-corrected chi connectivity index (χ2v) is 5.59. The summed E-state index contributed by atoms with van der Waals surface area (Å²) in [6.45, 7) is 0.500. The molecule has 0 amide bonds.